The molecule has 0 N–H and O–H groups in total. The van der Waals surface area contributed by atoms with E-state index in [2.05, 4.69) is 4.98 Å². The Morgan fingerprint density at radius 3 is 2.63 bits per heavy atom. The molecule has 0 atom stereocenters. The minimum atomic E-state index is -0.0607. The molecular formula is C15H21NO3. The first kappa shape index (κ1) is 13.8. The highest BCUT2D eigenvalue weighted by Gasteiger charge is 2.28. The lowest BCUT2D eigenvalue weighted by Crippen LogP contribution is -2.29. The van der Waals surface area contributed by atoms with Crippen LogP contribution in [0.2, 0.25) is 0 Å². The Balaban J connectivity index is 1.80. The first-order valence-electron chi connectivity index (χ1n) is 6.95. The summed E-state index contributed by atoms with van der Waals surface area (Å²) in [5.74, 6) is 0.658. The largest absolute Gasteiger partial charge is 0.474 e. The van der Waals surface area contributed by atoms with Crippen molar-refractivity contribution in [3.63, 3.8) is 0 Å². The number of rotatable bonds is 4. The lowest BCUT2D eigenvalue weighted by molar-refractivity contribution is -0.149. The van der Waals surface area contributed by atoms with E-state index in [0.29, 0.717) is 12.5 Å². The van der Waals surface area contributed by atoms with Crippen LogP contribution < -0.4 is 4.74 Å². The van der Waals surface area contributed by atoms with Gasteiger partial charge in [0.1, 0.15) is 6.10 Å². The van der Waals surface area contributed by atoms with Crippen LogP contribution in [0.4, 0.5) is 0 Å². The second-order valence-corrected chi connectivity index (χ2v) is 5.02. The summed E-state index contributed by atoms with van der Waals surface area (Å²) in [6, 6.07) is 3.89. The monoisotopic (exact) mass is 263 g/mol. The topological polar surface area (TPSA) is 48.4 Å². The van der Waals surface area contributed by atoms with E-state index in [1.807, 2.05) is 26.0 Å². The number of carbonyl (C=O) groups is 1. The molecule has 0 radical (unpaired) electrons. The minimum Gasteiger partial charge on any atom is -0.474 e. The maximum atomic E-state index is 11.6. The third-order valence-corrected chi connectivity index (χ3v) is 3.47. The molecular weight excluding hydrogens is 242 g/mol. The van der Waals surface area contributed by atoms with Crippen LogP contribution in [-0.2, 0) is 9.53 Å². The Hall–Kier alpha value is -1.58. The van der Waals surface area contributed by atoms with Gasteiger partial charge in [0.25, 0.3) is 0 Å². The van der Waals surface area contributed by atoms with Crippen LogP contribution in [0.1, 0.15) is 38.2 Å². The van der Waals surface area contributed by atoms with Gasteiger partial charge < -0.3 is 9.47 Å². The summed E-state index contributed by atoms with van der Waals surface area (Å²) >= 11 is 0. The molecule has 1 aliphatic carbocycles. The first-order chi connectivity index (χ1) is 9.19. The number of nitrogens with zero attached hydrogens (tertiary/aromatic N) is 1. The summed E-state index contributed by atoms with van der Waals surface area (Å²) in [5, 5.41) is 0. The van der Waals surface area contributed by atoms with Gasteiger partial charge in [-0.3, -0.25) is 4.79 Å². The fourth-order valence-electron chi connectivity index (χ4n) is 2.37. The van der Waals surface area contributed by atoms with Gasteiger partial charge in [-0.25, -0.2) is 4.98 Å². The molecule has 1 fully saturated rings. The van der Waals surface area contributed by atoms with Crippen molar-refractivity contribution in [3.05, 3.63) is 23.9 Å². The fourth-order valence-corrected chi connectivity index (χ4v) is 2.37. The van der Waals surface area contributed by atoms with Crippen molar-refractivity contribution in [1.29, 1.82) is 0 Å². The van der Waals surface area contributed by atoms with Crippen molar-refractivity contribution in [2.45, 2.75) is 45.6 Å². The molecule has 0 aliphatic heterocycles. The number of aryl methyl sites for hydroxylation is 1. The molecule has 4 nitrogen and oxygen atoms in total. The number of hydrogen-bond acceptors (Lipinski definition) is 4. The molecule has 1 aromatic rings. The van der Waals surface area contributed by atoms with Gasteiger partial charge in [0.15, 0.2) is 0 Å². The van der Waals surface area contributed by atoms with E-state index < -0.39 is 0 Å². The van der Waals surface area contributed by atoms with Crippen LogP contribution in [-0.4, -0.2) is 23.7 Å². The van der Waals surface area contributed by atoms with E-state index in [1.165, 1.54) is 0 Å². The van der Waals surface area contributed by atoms with Crippen molar-refractivity contribution in [2.75, 3.05) is 6.61 Å². The Kier molecular flexibility index (Phi) is 4.77. The molecule has 0 unspecified atom stereocenters. The van der Waals surface area contributed by atoms with Crippen LogP contribution in [0.3, 0.4) is 0 Å². The Labute approximate surface area is 114 Å². The van der Waals surface area contributed by atoms with E-state index in [4.69, 9.17) is 9.47 Å². The van der Waals surface area contributed by atoms with Gasteiger partial charge in [-0.05, 0) is 45.1 Å². The molecule has 104 valence electrons. The molecule has 1 aromatic heterocycles. The minimum absolute atomic E-state index is 0.0470. The molecule has 0 amide bonds. The smallest absolute Gasteiger partial charge is 0.308 e. The lowest BCUT2D eigenvalue weighted by atomic mass is 9.87. The molecule has 0 spiro atoms. The zero-order valence-corrected chi connectivity index (χ0v) is 11.6. The third-order valence-electron chi connectivity index (χ3n) is 3.47. The van der Waals surface area contributed by atoms with Gasteiger partial charge in [0.05, 0.1) is 12.5 Å². The Morgan fingerprint density at radius 1 is 1.32 bits per heavy atom. The second kappa shape index (κ2) is 6.55. The van der Waals surface area contributed by atoms with Crippen LogP contribution >= 0.6 is 0 Å². The number of pyridine rings is 1. The predicted molar refractivity (Wildman–Crippen MR) is 72.0 cm³/mol. The lowest BCUT2D eigenvalue weighted by Gasteiger charge is -2.27. The summed E-state index contributed by atoms with van der Waals surface area (Å²) in [7, 11) is 0. The van der Waals surface area contributed by atoms with E-state index in [9.17, 15) is 4.79 Å². The van der Waals surface area contributed by atoms with Crippen LogP contribution in [0.5, 0.6) is 5.88 Å². The van der Waals surface area contributed by atoms with Crippen molar-refractivity contribution in [2.24, 2.45) is 5.92 Å². The molecule has 0 aromatic carbocycles. The molecule has 2 rings (SSSR count). The van der Waals surface area contributed by atoms with Crippen molar-refractivity contribution in [1.82, 2.24) is 4.98 Å². The van der Waals surface area contributed by atoms with Gasteiger partial charge >= 0.3 is 5.97 Å². The molecule has 19 heavy (non-hydrogen) atoms. The summed E-state index contributed by atoms with van der Waals surface area (Å²) in [6.07, 6.45) is 5.43. The molecule has 1 heterocycles. The zero-order valence-electron chi connectivity index (χ0n) is 11.6. The number of hydrogen-bond donors (Lipinski definition) is 0. The van der Waals surface area contributed by atoms with Gasteiger partial charge in [0, 0.05) is 12.3 Å². The summed E-state index contributed by atoms with van der Waals surface area (Å²) < 4.78 is 10.9. The van der Waals surface area contributed by atoms with Crippen LogP contribution in [0, 0.1) is 12.8 Å². The summed E-state index contributed by atoms with van der Waals surface area (Å²) in [5.41, 5.74) is 1.12. The predicted octanol–water partition coefficient (Wildman–Crippen LogP) is 2.89. The fraction of sp³-hybridized carbons (Fsp3) is 0.600. The summed E-state index contributed by atoms with van der Waals surface area (Å²) in [6.45, 7) is 4.31. The molecule has 1 aliphatic rings. The highest BCUT2D eigenvalue weighted by Crippen LogP contribution is 2.27. The average molecular weight is 263 g/mol. The highest BCUT2D eigenvalue weighted by atomic mass is 16.5. The van der Waals surface area contributed by atoms with Crippen molar-refractivity contribution < 1.29 is 14.3 Å². The van der Waals surface area contributed by atoms with Gasteiger partial charge in [-0.1, -0.05) is 6.07 Å². The van der Waals surface area contributed by atoms with E-state index >= 15 is 0 Å². The maximum absolute atomic E-state index is 11.6. The first-order valence-corrected chi connectivity index (χ1v) is 6.95. The molecule has 0 saturated heterocycles. The molecule has 4 heteroatoms. The number of ether oxygens (including phenoxy) is 2. The van der Waals surface area contributed by atoms with E-state index in [-0.39, 0.29) is 18.0 Å². The van der Waals surface area contributed by atoms with Crippen LogP contribution in [0.25, 0.3) is 0 Å². The Morgan fingerprint density at radius 2 is 2.05 bits per heavy atom. The van der Waals surface area contributed by atoms with Crippen molar-refractivity contribution >= 4 is 5.97 Å². The van der Waals surface area contributed by atoms with Crippen LogP contribution in [0.15, 0.2) is 18.3 Å². The maximum Gasteiger partial charge on any atom is 0.308 e. The normalized spacial score (nSPS) is 22.8. The summed E-state index contributed by atoms with van der Waals surface area (Å²) in [4.78, 5) is 15.9. The average Bonchev–Trinajstić information content (AvgIpc) is 2.42. The van der Waals surface area contributed by atoms with Crippen molar-refractivity contribution in [3.8, 4) is 5.88 Å². The van der Waals surface area contributed by atoms with E-state index in [0.717, 1.165) is 31.2 Å². The standard InChI is InChI=1S/C15H21NO3/c1-3-18-15(17)12-5-7-13(8-6-12)19-14-9-4-11(2)10-16-14/h4,9-10,12-13H,3,5-8H2,1-2H3. The van der Waals surface area contributed by atoms with Gasteiger partial charge in [0.2, 0.25) is 5.88 Å². The third kappa shape index (κ3) is 3.94. The van der Waals surface area contributed by atoms with Gasteiger partial charge in [-0.2, -0.15) is 0 Å². The number of aromatic nitrogens is 1. The number of esters is 1. The van der Waals surface area contributed by atoms with E-state index in [1.54, 1.807) is 6.20 Å². The number of carbonyl (C=O) groups excluding carboxylic acids is 1. The zero-order chi connectivity index (χ0) is 13.7. The molecule has 1 saturated carbocycles. The molecule has 0 bridgehead atoms. The quantitative estimate of drug-likeness (QED) is 0.784. The SMILES string of the molecule is CCOC(=O)C1CCC(Oc2ccc(C)cn2)CC1. The van der Waals surface area contributed by atoms with Gasteiger partial charge in [-0.15, -0.1) is 0 Å². The highest BCUT2D eigenvalue weighted by molar-refractivity contribution is 5.72. The Bertz CT molecular complexity index is 408. The second-order valence-electron chi connectivity index (χ2n) is 5.02.